The molecule has 1 atom stereocenters. The molecule has 136 valence electrons. The number of amides is 2. The molecule has 2 aromatic carbocycles. The van der Waals surface area contributed by atoms with E-state index in [0.29, 0.717) is 6.54 Å². The Morgan fingerprint density at radius 2 is 1.73 bits per heavy atom. The molecule has 3 rings (SSSR count). The summed E-state index contributed by atoms with van der Waals surface area (Å²) in [6.45, 7) is 8.41. The molecule has 0 radical (unpaired) electrons. The number of anilines is 2. The molecule has 26 heavy (non-hydrogen) atoms. The lowest BCUT2D eigenvalue weighted by Gasteiger charge is -2.21. The third kappa shape index (κ3) is 3.40. The highest BCUT2D eigenvalue weighted by Crippen LogP contribution is 2.32. The fraction of sp³-hybridized carbons (Fsp3) is 0.333. The zero-order valence-corrected chi connectivity index (χ0v) is 17.1. The topological polar surface area (TPSA) is 49.4 Å². The quantitative estimate of drug-likeness (QED) is 0.792. The van der Waals surface area contributed by atoms with E-state index in [4.69, 9.17) is 0 Å². The van der Waals surface area contributed by atoms with Crippen molar-refractivity contribution in [2.45, 2.75) is 34.1 Å². The van der Waals surface area contributed by atoms with Crippen molar-refractivity contribution in [3.8, 4) is 0 Å². The van der Waals surface area contributed by atoms with Gasteiger partial charge >= 0.3 is 0 Å². The van der Waals surface area contributed by atoms with E-state index in [1.54, 1.807) is 4.90 Å². The largest absolute Gasteiger partial charge is 0.326 e. The molecule has 0 bridgehead atoms. The van der Waals surface area contributed by atoms with Crippen molar-refractivity contribution in [3.05, 3.63) is 57.1 Å². The first-order chi connectivity index (χ1) is 12.3. The van der Waals surface area contributed by atoms with Crippen LogP contribution in [0.2, 0.25) is 0 Å². The van der Waals surface area contributed by atoms with Gasteiger partial charge in [0.2, 0.25) is 11.8 Å². The Bertz CT molecular complexity index is 872. The third-order valence-electron chi connectivity index (χ3n) is 5.18. The molecule has 1 aliphatic rings. The van der Waals surface area contributed by atoms with Gasteiger partial charge in [-0.05, 0) is 62.1 Å². The van der Waals surface area contributed by atoms with E-state index in [1.807, 2.05) is 58.0 Å². The Balaban J connectivity index is 1.79. The van der Waals surface area contributed by atoms with E-state index in [2.05, 4.69) is 21.2 Å². The zero-order chi connectivity index (χ0) is 19.0. The summed E-state index contributed by atoms with van der Waals surface area (Å²) >= 11 is 3.50. The number of benzene rings is 2. The normalized spacial score (nSPS) is 16.9. The van der Waals surface area contributed by atoms with Crippen molar-refractivity contribution in [1.82, 2.24) is 0 Å². The van der Waals surface area contributed by atoms with Crippen LogP contribution in [0.5, 0.6) is 0 Å². The first-order valence-electron chi connectivity index (χ1n) is 8.72. The second-order valence-electron chi connectivity index (χ2n) is 6.98. The van der Waals surface area contributed by atoms with Crippen molar-refractivity contribution in [3.63, 3.8) is 0 Å². The van der Waals surface area contributed by atoms with E-state index in [-0.39, 0.29) is 24.2 Å². The highest BCUT2D eigenvalue weighted by atomic mass is 79.9. The molecule has 1 aliphatic heterocycles. The van der Waals surface area contributed by atoms with Gasteiger partial charge in [0.1, 0.15) is 0 Å². The maximum Gasteiger partial charge on any atom is 0.229 e. The standard InChI is InChI=1S/C21H23BrN2O2/c1-12-6-5-7-13(2)20(12)24-11-16(10-19(24)25)21(26)23-18-9-8-17(22)14(3)15(18)4/h5-9,16H,10-11H2,1-4H3,(H,23,26)/t16-/m1/s1. The summed E-state index contributed by atoms with van der Waals surface area (Å²) in [4.78, 5) is 27.1. The van der Waals surface area contributed by atoms with Crippen LogP contribution >= 0.6 is 15.9 Å². The number of rotatable bonds is 3. The number of aryl methyl sites for hydroxylation is 2. The molecule has 2 amide bonds. The fourth-order valence-corrected chi connectivity index (χ4v) is 3.92. The SMILES string of the molecule is Cc1cccc(C)c1N1C[C@H](C(=O)Nc2ccc(Br)c(C)c2C)CC1=O. The highest BCUT2D eigenvalue weighted by Gasteiger charge is 2.36. The summed E-state index contributed by atoms with van der Waals surface area (Å²) in [5, 5.41) is 3.00. The van der Waals surface area contributed by atoms with Crippen LogP contribution in [0.25, 0.3) is 0 Å². The van der Waals surface area contributed by atoms with Crippen LogP contribution in [0.15, 0.2) is 34.8 Å². The second kappa shape index (κ2) is 7.23. The van der Waals surface area contributed by atoms with E-state index >= 15 is 0 Å². The molecule has 1 saturated heterocycles. The number of nitrogens with zero attached hydrogens (tertiary/aromatic N) is 1. The average molecular weight is 415 g/mol. The van der Waals surface area contributed by atoms with Crippen molar-refractivity contribution >= 4 is 39.1 Å². The van der Waals surface area contributed by atoms with Gasteiger partial charge in [0, 0.05) is 28.8 Å². The monoisotopic (exact) mass is 414 g/mol. The molecule has 5 heteroatoms. The lowest BCUT2D eigenvalue weighted by Crippen LogP contribution is -2.29. The Labute approximate surface area is 162 Å². The van der Waals surface area contributed by atoms with Crippen molar-refractivity contribution in [2.24, 2.45) is 5.92 Å². The van der Waals surface area contributed by atoms with Gasteiger partial charge in [-0.3, -0.25) is 9.59 Å². The minimum absolute atomic E-state index is 0.00580. The summed E-state index contributed by atoms with van der Waals surface area (Å²) in [7, 11) is 0. The molecule has 1 N–H and O–H groups in total. The Morgan fingerprint density at radius 3 is 2.38 bits per heavy atom. The van der Waals surface area contributed by atoms with Crippen LogP contribution in [0.3, 0.4) is 0 Å². The van der Waals surface area contributed by atoms with Gasteiger partial charge < -0.3 is 10.2 Å². The molecular weight excluding hydrogens is 392 g/mol. The Morgan fingerprint density at radius 1 is 1.08 bits per heavy atom. The van der Waals surface area contributed by atoms with Gasteiger partial charge in [-0.2, -0.15) is 0 Å². The molecular formula is C21H23BrN2O2. The maximum absolute atomic E-state index is 12.8. The molecule has 0 spiro atoms. The molecule has 0 aromatic heterocycles. The lowest BCUT2D eigenvalue weighted by molar-refractivity contribution is -0.122. The van der Waals surface area contributed by atoms with E-state index < -0.39 is 0 Å². The summed E-state index contributed by atoms with van der Waals surface area (Å²) in [6, 6.07) is 9.80. The highest BCUT2D eigenvalue weighted by molar-refractivity contribution is 9.10. The third-order valence-corrected chi connectivity index (χ3v) is 6.04. The molecule has 1 heterocycles. The summed E-state index contributed by atoms with van der Waals surface area (Å²) in [6.07, 6.45) is 0.244. The van der Waals surface area contributed by atoms with Gasteiger partial charge in [-0.1, -0.05) is 34.1 Å². The predicted octanol–water partition coefficient (Wildman–Crippen LogP) is 4.67. The number of nitrogens with one attached hydrogen (secondary N) is 1. The summed E-state index contributed by atoms with van der Waals surface area (Å²) in [5.74, 6) is -0.437. The van der Waals surface area contributed by atoms with Crippen LogP contribution in [-0.2, 0) is 9.59 Å². The van der Waals surface area contributed by atoms with Crippen molar-refractivity contribution in [1.29, 1.82) is 0 Å². The van der Waals surface area contributed by atoms with Crippen molar-refractivity contribution < 1.29 is 9.59 Å². The molecule has 2 aromatic rings. The van der Waals surface area contributed by atoms with Gasteiger partial charge in [0.05, 0.1) is 5.92 Å². The minimum Gasteiger partial charge on any atom is -0.326 e. The fourth-order valence-electron chi connectivity index (χ4n) is 3.49. The minimum atomic E-state index is -0.343. The number of halogens is 1. The molecule has 1 fully saturated rings. The van der Waals surface area contributed by atoms with E-state index in [1.165, 1.54) is 0 Å². The zero-order valence-electron chi connectivity index (χ0n) is 15.5. The van der Waals surface area contributed by atoms with Crippen LogP contribution in [0.1, 0.15) is 28.7 Å². The van der Waals surface area contributed by atoms with Gasteiger partial charge in [-0.25, -0.2) is 0 Å². The van der Waals surface area contributed by atoms with Crippen LogP contribution in [-0.4, -0.2) is 18.4 Å². The lowest BCUT2D eigenvalue weighted by atomic mass is 10.1. The van der Waals surface area contributed by atoms with Gasteiger partial charge in [0.15, 0.2) is 0 Å². The number of carbonyl (C=O) groups excluding carboxylic acids is 2. The van der Waals surface area contributed by atoms with E-state index in [0.717, 1.165) is 38.1 Å². The van der Waals surface area contributed by atoms with Crippen LogP contribution in [0, 0.1) is 33.6 Å². The first kappa shape index (κ1) is 18.6. The molecule has 0 aliphatic carbocycles. The van der Waals surface area contributed by atoms with Gasteiger partial charge in [0.25, 0.3) is 0 Å². The van der Waals surface area contributed by atoms with Crippen molar-refractivity contribution in [2.75, 3.05) is 16.8 Å². The number of hydrogen-bond donors (Lipinski definition) is 1. The van der Waals surface area contributed by atoms with Crippen LogP contribution < -0.4 is 10.2 Å². The Kier molecular flexibility index (Phi) is 5.19. The number of carbonyl (C=O) groups is 2. The number of para-hydroxylation sites is 1. The van der Waals surface area contributed by atoms with Crippen LogP contribution in [0.4, 0.5) is 11.4 Å². The molecule has 4 nitrogen and oxygen atoms in total. The van der Waals surface area contributed by atoms with E-state index in [9.17, 15) is 9.59 Å². The maximum atomic E-state index is 12.8. The average Bonchev–Trinajstić information content (AvgIpc) is 2.97. The number of hydrogen-bond acceptors (Lipinski definition) is 2. The Hall–Kier alpha value is -2.14. The summed E-state index contributed by atoms with van der Waals surface area (Å²) in [5.41, 5.74) is 5.97. The second-order valence-corrected chi connectivity index (χ2v) is 7.83. The molecule has 0 unspecified atom stereocenters. The smallest absolute Gasteiger partial charge is 0.229 e. The predicted molar refractivity (Wildman–Crippen MR) is 109 cm³/mol. The summed E-state index contributed by atoms with van der Waals surface area (Å²) < 4.78 is 1.02. The first-order valence-corrected chi connectivity index (χ1v) is 9.52. The molecule has 0 saturated carbocycles. The van der Waals surface area contributed by atoms with Gasteiger partial charge in [-0.15, -0.1) is 0 Å².